The minimum atomic E-state index is -0.584. The fourth-order valence-electron chi connectivity index (χ4n) is 7.09. The average Bonchev–Trinajstić information content (AvgIpc) is 3.08. The summed E-state index contributed by atoms with van der Waals surface area (Å²) in [6.45, 7) is 13.4. The molecular formula is C38H46FN7O5. The summed E-state index contributed by atoms with van der Waals surface area (Å²) in [6.07, 6.45) is 7.46. The minimum Gasteiger partial charge on any atom is -0.490 e. The molecule has 51 heavy (non-hydrogen) atoms. The standard InChI is InChI=1S/C38H46FN7O5/c1-24(2)46(26-18-38(6,19-26)22-40)35(47)28-17-25(39)7-8-31(28)50-33-20-41-23-43-34(33)44-14-10-27(11-15-44)49-32-9-13-42-30-12-16-45(21-29(30)32)36(48)51-37(3,4)5/h7-9,13,17,20,23-24,26-27H,10-12,14-16,18-19,21H2,1-6H3. The highest BCUT2D eigenvalue weighted by atomic mass is 19.1. The fraction of sp³-hybridized carbons (Fsp3) is 0.526. The minimum absolute atomic E-state index is 0.0754. The second kappa shape index (κ2) is 14.3. The Hall–Kier alpha value is -4.99. The number of carbonyl (C=O) groups is 2. The van der Waals surface area contributed by atoms with Crippen molar-refractivity contribution >= 4 is 17.8 Å². The first-order valence-corrected chi connectivity index (χ1v) is 17.6. The number of fused-ring (bicyclic) bond motifs is 1. The quantitative estimate of drug-likeness (QED) is 0.250. The predicted octanol–water partition coefficient (Wildman–Crippen LogP) is 6.69. The molecule has 270 valence electrons. The van der Waals surface area contributed by atoms with Gasteiger partial charge in [0.2, 0.25) is 0 Å². The predicted molar refractivity (Wildman–Crippen MR) is 187 cm³/mol. The molecule has 0 unspecified atom stereocenters. The molecule has 3 aliphatic rings. The summed E-state index contributed by atoms with van der Waals surface area (Å²) in [5.74, 6) is 0.926. The second-order valence-electron chi connectivity index (χ2n) is 15.2. The van der Waals surface area contributed by atoms with Gasteiger partial charge < -0.3 is 28.9 Å². The van der Waals surface area contributed by atoms with E-state index in [1.165, 1.54) is 24.5 Å². The zero-order valence-corrected chi connectivity index (χ0v) is 30.2. The highest BCUT2D eigenvalue weighted by Crippen LogP contribution is 2.44. The Morgan fingerprint density at radius 3 is 2.51 bits per heavy atom. The van der Waals surface area contributed by atoms with Crippen molar-refractivity contribution in [2.75, 3.05) is 24.5 Å². The number of nitrogens with zero attached hydrogens (tertiary/aromatic N) is 7. The van der Waals surface area contributed by atoms with Gasteiger partial charge in [0.05, 0.1) is 35.5 Å². The van der Waals surface area contributed by atoms with Gasteiger partial charge in [-0.25, -0.2) is 19.2 Å². The van der Waals surface area contributed by atoms with Crippen molar-refractivity contribution in [2.45, 2.75) is 104 Å². The number of aromatic nitrogens is 3. The van der Waals surface area contributed by atoms with E-state index in [0.717, 1.165) is 17.0 Å². The number of hydrogen-bond acceptors (Lipinski definition) is 10. The lowest BCUT2D eigenvalue weighted by atomic mass is 9.67. The van der Waals surface area contributed by atoms with Crippen molar-refractivity contribution in [3.05, 3.63) is 65.6 Å². The van der Waals surface area contributed by atoms with Gasteiger partial charge in [0.1, 0.15) is 35.3 Å². The molecule has 2 aliphatic heterocycles. The van der Waals surface area contributed by atoms with E-state index in [4.69, 9.17) is 14.2 Å². The summed E-state index contributed by atoms with van der Waals surface area (Å²) >= 11 is 0. The Labute approximate surface area is 298 Å². The maximum absolute atomic E-state index is 14.6. The van der Waals surface area contributed by atoms with Crippen LogP contribution in [0.3, 0.4) is 0 Å². The molecule has 13 heteroatoms. The molecule has 2 fully saturated rings. The van der Waals surface area contributed by atoms with Gasteiger partial charge in [-0.1, -0.05) is 0 Å². The van der Waals surface area contributed by atoms with Gasteiger partial charge in [0, 0.05) is 62.7 Å². The Morgan fingerprint density at radius 2 is 1.82 bits per heavy atom. The van der Waals surface area contributed by atoms with Crippen LogP contribution in [0.1, 0.15) is 88.8 Å². The number of benzene rings is 1. The number of rotatable bonds is 8. The van der Waals surface area contributed by atoms with Crippen LogP contribution in [0.25, 0.3) is 0 Å². The van der Waals surface area contributed by atoms with Crippen LogP contribution in [-0.2, 0) is 17.7 Å². The third-order valence-electron chi connectivity index (χ3n) is 9.63. The number of hydrogen-bond donors (Lipinski definition) is 0. The maximum atomic E-state index is 14.6. The number of pyridine rings is 1. The van der Waals surface area contributed by atoms with Crippen molar-refractivity contribution in [3.63, 3.8) is 0 Å². The number of halogens is 1. The van der Waals surface area contributed by atoms with Crippen molar-refractivity contribution in [2.24, 2.45) is 5.41 Å². The smallest absolute Gasteiger partial charge is 0.410 e. The van der Waals surface area contributed by atoms with Gasteiger partial charge in [-0.05, 0) is 78.6 Å². The highest BCUT2D eigenvalue weighted by molar-refractivity contribution is 5.97. The molecule has 1 aliphatic carbocycles. The first-order chi connectivity index (χ1) is 24.2. The molecule has 1 saturated heterocycles. The normalized spacial score (nSPS) is 20.6. The van der Waals surface area contributed by atoms with Crippen LogP contribution in [0.5, 0.6) is 17.2 Å². The molecule has 0 radical (unpaired) electrons. The van der Waals surface area contributed by atoms with E-state index in [1.807, 2.05) is 47.6 Å². The van der Waals surface area contributed by atoms with Crippen LogP contribution in [0, 0.1) is 22.6 Å². The molecule has 2 aromatic heterocycles. The summed E-state index contributed by atoms with van der Waals surface area (Å²) in [5, 5.41) is 9.53. The molecule has 3 aromatic rings. The number of amides is 2. The topological polar surface area (TPSA) is 134 Å². The van der Waals surface area contributed by atoms with Crippen LogP contribution in [0.2, 0.25) is 0 Å². The van der Waals surface area contributed by atoms with Crippen molar-refractivity contribution in [1.29, 1.82) is 5.26 Å². The Balaban J connectivity index is 1.14. The summed E-state index contributed by atoms with van der Waals surface area (Å²) in [7, 11) is 0. The van der Waals surface area contributed by atoms with Gasteiger partial charge in [0.25, 0.3) is 5.91 Å². The molecule has 4 heterocycles. The number of piperidine rings is 1. The largest absolute Gasteiger partial charge is 0.490 e. The van der Waals surface area contributed by atoms with Gasteiger partial charge in [0.15, 0.2) is 11.6 Å². The number of nitriles is 1. The van der Waals surface area contributed by atoms with Crippen molar-refractivity contribution in [3.8, 4) is 23.3 Å². The molecule has 0 atom stereocenters. The van der Waals surface area contributed by atoms with Crippen molar-refractivity contribution in [1.82, 2.24) is 24.8 Å². The molecule has 0 N–H and O–H groups in total. The maximum Gasteiger partial charge on any atom is 0.410 e. The van der Waals surface area contributed by atoms with Gasteiger partial charge >= 0.3 is 6.09 Å². The SMILES string of the molecule is CC(C)N(C(=O)c1cc(F)ccc1Oc1cncnc1N1CCC(Oc2ccnc3c2CN(C(=O)OC(C)(C)C)CC3)CC1)C1CC(C)(C#N)C1. The average molecular weight is 700 g/mol. The Kier molecular flexibility index (Phi) is 10.1. The molecule has 2 amide bonds. The van der Waals surface area contributed by atoms with Crippen LogP contribution >= 0.6 is 0 Å². The zero-order chi connectivity index (χ0) is 36.5. The second-order valence-corrected chi connectivity index (χ2v) is 15.2. The Bertz CT molecular complexity index is 1810. The molecule has 12 nitrogen and oxygen atoms in total. The van der Waals surface area contributed by atoms with Crippen LogP contribution in [0.4, 0.5) is 15.0 Å². The monoisotopic (exact) mass is 699 g/mol. The third kappa shape index (κ3) is 8.00. The number of anilines is 1. The first-order valence-electron chi connectivity index (χ1n) is 17.6. The molecule has 0 spiro atoms. The Morgan fingerprint density at radius 1 is 1.08 bits per heavy atom. The van der Waals surface area contributed by atoms with E-state index in [1.54, 1.807) is 22.2 Å². The van der Waals surface area contributed by atoms with Gasteiger partial charge in [-0.15, -0.1) is 0 Å². The van der Waals surface area contributed by atoms with E-state index in [9.17, 15) is 19.2 Å². The van der Waals surface area contributed by atoms with E-state index in [0.29, 0.717) is 69.9 Å². The van der Waals surface area contributed by atoms with Crippen molar-refractivity contribution < 1.29 is 28.2 Å². The lowest BCUT2D eigenvalue weighted by molar-refractivity contribution is 0.0213. The van der Waals surface area contributed by atoms with Crippen LogP contribution < -0.4 is 14.4 Å². The van der Waals surface area contributed by atoms with E-state index in [2.05, 4.69) is 25.9 Å². The lowest BCUT2D eigenvalue weighted by Crippen LogP contribution is -2.54. The van der Waals surface area contributed by atoms with E-state index < -0.39 is 16.8 Å². The summed E-state index contributed by atoms with van der Waals surface area (Å²) in [5.41, 5.74) is 0.868. The molecule has 6 rings (SSSR count). The summed E-state index contributed by atoms with van der Waals surface area (Å²) in [6, 6.07) is 7.83. The van der Waals surface area contributed by atoms with Crippen LogP contribution in [0.15, 0.2) is 43.0 Å². The summed E-state index contributed by atoms with van der Waals surface area (Å²) < 4.78 is 33.1. The van der Waals surface area contributed by atoms with E-state index >= 15 is 0 Å². The van der Waals surface area contributed by atoms with Gasteiger partial charge in [-0.3, -0.25) is 9.78 Å². The molecular weight excluding hydrogens is 653 g/mol. The molecule has 1 saturated carbocycles. The lowest BCUT2D eigenvalue weighted by Gasteiger charge is -2.48. The van der Waals surface area contributed by atoms with Gasteiger partial charge in [-0.2, -0.15) is 5.26 Å². The number of carbonyl (C=O) groups excluding carboxylic acids is 2. The number of ether oxygens (including phenoxy) is 3. The molecule has 0 bridgehead atoms. The fourth-order valence-corrected chi connectivity index (χ4v) is 7.09. The van der Waals surface area contributed by atoms with Crippen LogP contribution in [-0.4, -0.2) is 80.2 Å². The zero-order valence-electron chi connectivity index (χ0n) is 30.2. The van der Waals surface area contributed by atoms with E-state index in [-0.39, 0.29) is 41.5 Å². The third-order valence-corrected chi connectivity index (χ3v) is 9.63. The first kappa shape index (κ1) is 35.8. The summed E-state index contributed by atoms with van der Waals surface area (Å²) in [4.78, 5) is 45.6. The molecule has 1 aromatic carbocycles. The highest BCUT2D eigenvalue weighted by Gasteiger charge is 2.46.